The highest BCUT2D eigenvalue weighted by atomic mass is 31.2. The molecule has 30 atom stereocenters. The minimum absolute atomic E-state index is 0.189. The second kappa shape index (κ2) is 31.9. The SMILES string of the molecule is O=C(O)CCCO[C@@H]1OC(CO[C@H]2OC(CO[C@H]3OC(CO)[C@@H](O)[C@H](O)C3O[C@@H]3OC(CO[O-])[C@@H](O)[C@H](O)C3O)[C@@H](O)[C@H](O)C2O)[C@@H](O)[C@H](O[C@H]2OC(CO)[C@@H](O)[C@H](O)C2O[C@H]2OC(COP(=O)([O-])[O-])[C@@H](O)[C@H](O)C2O)C1O.O=P[O-]. The Labute approximate surface area is 457 Å². The molecular formula is C40H66O39P2-4. The van der Waals surface area contributed by atoms with Crippen LogP contribution in [0.1, 0.15) is 12.8 Å². The number of aliphatic hydroxyl groups excluding tert-OH is 17. The van der Waals surface area contributed by atoms with Gasteiger partial charge in [0, 0.05) is 6.42 Å². The van der Waals surface area contributed by atoms with Gasteiger partial charge in [-0.1, -0.05) is 0 Å². The van der Waals surface area contributed by atoms with E-state index in [1.165, 1.54) is 0 Å². The number of rotatable bonds is 24. The number of phosphoric ester groups is 1. The monoisotopic (exact) mass is 1230 g/mol. The lowest BCUT2D eigenvalue weighted by Crippen LogP contribution is -2.67. The van der Waals surface area contributed by atoms with E-state index in [1.54, 1.807) is 0 Å². The van der Waals surface area contributed by atoms with E-state index in [2.05, 4.69) is 9.41 Å². The summed E-state index contributed by atoms with van der Waals surface area (Å²) in [4.78, 5) is 45.6. The Morgan fingerprint density at radius 3 is 1.26 bits per heavy atom. The van der Waals surface area contributed by atoms with E-state index in [0.717, 1.165) is 0 Å². The van der Waals surface area contributed by atoms with Crippen LogP contribution < -0.4 is 19.9 Å². The molecule has 12 unspecified atom stereocenters. The zero-order valence-corrected chi connectivity index (χ0v) is 43.5. The van der Waals surface area contributed by atoms with Gasteiger partial charge < -0.3 is 183 Å². The van der Waals surface area contributed by atoms with Gasteiger partial charge in [0.15, 0.2) is 37.7 Å². The molecule has 6 saturated heterocycles. The first-order valence-corrected chi connectivity index (χ1v) is 26.6. The summed E-state index contributed by atoms with van der Waals surface area (Å²) in [6, 6.07) is 0. The van der Waals surface area contributed by atoms with Gasteiger partial charge in [0.2, 0.25) is 0 Å². The molecule has 41 heteroatoms. The Morgan fingerprint density at radius 1 is 0.444 bits per heavy atom. The van der Waals surface area contributed by atoms with Crippen LogP contribution in [0.4, 0.5) is 0 Å². The molecule has 0 radical (unpaired) electrons. The molecule has 18 N–H and O–H groups in total. The highest BCUT2D eigenvalue weighted by molar-refractivity contribution is 7.43. The summed E-state index contributed by atoms with van der Waals surface area (Å²) in [6.45, 7) is -6.40. The van der Waals surface area contributed by atoms with E-state index in [1.807, 2.05) is 0 Å². The Balaban J connectivity index is 0.00000392. The molecule has 81 heavy (non-hydrogen) atoms. The first-order valence-electron chi connectivity index (χ1n) is 24.4. The quantitative estimate of drug-likeness (QED) is 0.0185. The first kappa shape index (κ1) is 70.2. The van der Waals surface area contributed by atoms with Crippen LogP contribution in [-0.2, 0) is 80.2 Å². The predicted octanol–water partition coefficient (Wildman–Crippen LogP) is -15.5. The lowest BCUT2D eigenvalue weighted by atomic mass is 9.96. The molecule has 0 amide bonds. The number of carbonyl (C=O) groups is 1. The lowest BCUT2D eigenvalue weighted by molar-refractivity contribution is -0.692. The number of aliphatic hydroxyl groups is 17. The maximum Gasteiger partial charge on any atom is 0.303 e. The largest absolute Gasteiger partial charge is 0.790 e. The molecule has 474 valence electrons. The third kappa shape index (κ3) is 17.8. The molecule has 6 heterocycles. The number of ether oxygens (including phenoxy) is 12. The van der Waals surface area contributed by atoms with Crippen LogP contribution in [0.5, 0.6) is 0 Å². The summed E-state index contributed by atoms with van der Waals surface area (Å²) in [5.41, 5.74) is 0. The Kier molecular flexibility index (Phi) is 27.6. The summed E-state index contributed by atoms with van der Waals surface area (Å²) < 4.78 is 91.0. The van der Waals surface area contributed by atoms with E-state index >= 15 is 0 Å². The maximum absolute atomic E-state index is 11.7. The topological polar surface area (TPSA) is 637 Å². The zero-order chi connectivity index (χ0) is 60.4. The van der Waals surface area contributed by atoms with E-state index in [0.29, 0.717) is 0 Å². The van der Waals surface area contributed by atoms with Crippen molar-refractivity contribution in [1.82, 2.24) is 0 Å². The van der Waals surface area contributed by atoms with Crippen LogP contribution in [0, 0.1) is 0 Å². The number of hydrogen-bond acceptors (Lipinski definition) is 38. The summed E-state index contributed by atoms with van der Waals surface area (Å²) in [6.07, 6.45) is -60.9. The standard InChI is InChI=1S/C40H69O37P.HO2P/c41-4-10-17(45)26(54)33(76-37-29(57)24(52)20(48)14(73-37)8-67-60)39(69-10)66-6-12-19(47)23(51)28(56)35(71-12)65-7-13-22(50)32(31(59)36(72-13)64-3-1-2-16(43)44)75-40-34(27(55)18(46)11(5-42)70-40)77-38-30(58)25(53)21(49)15(74-38)9-68-78(61,62)63;1-3-2/h10-15,17-42,45-60H,1-9H2,(H,43,44)(H2,61,62,63);(H,1,2)/p-4/t10?,11?,12?,13?,14?,15?,17-,18-,19-,20-,21-,22-,23+,24+,25+,26+,27+,28?,29?,30?,31?,32+,33?,34?,35+,36-,37+,38-,39+,40-;/m1./s1. The third-order valence-electron chi connectivity index (χ3n) is 13.5. The molecule has 0 aromatic rings. The van der Waals surface area contributed by atoms with Crippen molar-refractivity contribution in [2.45, 2.75) is 197 Å². The van der Waals surface area contributed by atoms with Crippen LogP contribution >= 0.6 is 16.5 Å². The number of hydrogen-bond donors (Lipinski definition) is 18. The van der Waals surface area contributed by atoms with Crippen LogP contribution in [0.3, 0.4) is 0 Å². The average molecular weight is 1230 g/mol. The van der Waals surface area contributed by atoms with Crippen molar-refractivity contribution < 1.29 is 192 Å². The minimum Gasteiger partial charge on any atom is -0.790 e. The average Bonchev–Trinajstić information content (AvgIpc) is 3.54. The van der Waals surface area contributed by atoms with Gasteiger partial charge in [-0.25, -0.2) is 0 Å². The Morgan fingerprint density at radius 2 is 0.802 bits per heavy atom. The number of aliphatic carboxylic acids is 1. The highest BCUT2D eigenvalue weighted by Crippen LogP contribution is 2.36. The molecule has 0 bridgehead atoms. The molecule has 6 fully saturated rings. The molecule has 6 aliphatic heterocycles. The van der Waals surface area contributed by atoms with E-state index in [-0.39, 0.29) is 6.42 Å². The van der Waals surface area contributed by atoms with Crippen LogP contribution in [0.15, 0.2) is 0 Å². The van der Waals surface area contributed by atoms with Crippen molar-refractivity contribution in [2.75, 3.05) is 46.2 Å². The summed E-state index contributed by atoms with van der Waals surface area (Å²) in [5.74, 6) is -1.25. The molecule has 6 aliphatic rings. The van der Waals surface area contributed by atoms with Gasteiger partial charge in [-0.15, -0.1) is 0 Å². The molecule has 6 rings (SSSR count). The number of carboxylic acid groups (broad SMARTS) is 1. The van der Waals surface area contributed by atoms with Gasteiger partial charge >= 0.3 is 5.97 Å². The van der Waals surface area contributed by atoms with Gasteiger partial charge in [-0.05, 0) is 6.42 Å². The smallest absolute Gasteiger partial charge is 0.303 e. The van der Waals surface area contributed by atoms with Crippen LogP contribution in [-0.4, -0.2) is 328 Å². The van der Waals surface area contributed by atoms with Crippen LogP contribution in [0.2, 0.25) is 0 Å². The van der Waals surface area contributed by atoms with Crippen LogP contribution in [0.25, 0.3) is 0 Å². The third-order valence-corrected chi connectivity index (χ3v) is 13.9. The van der Waals surface area contributed by atoms with E-state index in [4.69, 9.17) is 71.4 Å². The van der Waals surface area contributed by atoms with E-state index in [9.17, 15) is 111 Å². The number of carboxylic acids is 1. The highest BCUT2D eigenvalue weighted by Gasteiger charge is 2.56. The van der Waals surface area contributed by atoms with Crippen molar-refractivity contribution >= 4 is 22.5 Å². The zero-order valence-electron chi connectivity index (χ0n) is 41.7. The first-order chi connectivity index (χ1) is 38.1. The second-order valence-electron chi connectivity index (χ2n) is 18.9. The molecule has 0 saturated carbocycles. The molecular weight excluding hydrogens is 1170 g/mol. The van der Waals surface area contributed by atoms with Crippen molar-refractivity contribution in [1.29, 1.82) is 0 Å². The molecule has 0 aromatic heterocycles. The van der Waals surface area contributed by atoms with Crippen molar-refractivity contribution in [3.05, 3.63) is 0 Å². The fourth-order valence-electron chi connectivity index (χ4n) is 9.01. The van der Waals surface area contributed by atoms with E-state index < -0.39 is 259 Å². The van der Waals surface area contributed by atoms with Crippen molar-refractivity contribution in [3.8, 4) is 0 Å². The lowest BCUT2D eigenvalue weighted by Gasteiger charge is -2.49. The Bertz CT molecular complexity index is 1930. The molecule has 0 aliphatic carbocycles. The van der Waals surface area contributed by atoms with Gasteiger partial charge in [0.25, 0.3) is 0 Å². The molecule has 0 aromatic carbocycles. The molecule has 0 spiro atoms. The predicted molar refractivity (Wildman–Crippen MR) is 233 cm³/mol. The molecule has 39 nitrogen and oxygen atoms in total. The minimum atomic E-state index is -5.71. The summed E-state index contributed by atoms with van der Waals surface area (Å²) >= 11 is 0. The van der Waals surface area contributed by atoms with Gasteiger partial charge in [-0.3, -0.25) is 9.36 Å². The van der Waals surface area contributed by atoms with Crippen molar-refractivity contribution in [3.63, 3.8) is 0 Å². The van der Waals surface area contributed by atoms with Gasteiger partial charge in [0.05, 0.1) is 62.8 Å². The van der Waals surface area contributed by atoms with Crippen molar-refractivity contribution in [2.24, 2.45) is 0 Å². The van der Waals surface area contributed by atoms with Gasteiger partial charge in [-0.2, -0.15) is 0 Å². The van der Waals surface area contributed by atoms with Gasteiger partial charge in [0.1, 0.15) is 146 Å². The Hall–Kier alpha value is -1.60. The normalized spacial score (nSPS) is 46.2. The second-order valence-corrected chi connectivity index (χ2v) is 20.2. The summed E-state index contributed by atoms with van der Waals surface area (Å²) in [7, 11) is -6.80. The number of phosphoric acid groups is 1. The fraction of sp³-hybridized carbons (Fsp3) is 0.975. The summed E-state index contributed by atoms with van der Waals surface area (Å²) in [5, 5.41) is 202. The maximum atomic E-state index is 11.7. The fourth-order valence-corrected chi connectivity index (χ4v) is 9.34.